The average Bonchev–Trinajstić information content (AvgIpc) is 2.49. The molecular weight excluding hydrogens is 244 g/mol. The van der Waals surface area contributed by atoms with Crippen molar-refractivity contribution in [1.29, 1.82) is 0 Å². The van der Waals surface area contributed by atoms with Gasteiger partial charge in [0.15, 0.2) is 0 Å². The third-order valence-electron chi connectivity index (χ3n) is 2.20. The third kappa shape index (κ3) is 1.57. The number of benzene rings is 1. The van der Waals surface area contributed by atoms with Crippen LogP contribution in [0, 0.1) is 6.92 Å². The monoisotopic (exact) mass is 254 g/mol. The van der Waals surface area contributed by atoms with Crippen LogP contribution in [0.25, 0.3) is 11.0 Å². The minimum Gasteiger partial charge on any atom is -0.464 e. The van der Waals surface area contributed by atoms with E-state index in [9.17, 15) is 0 Å². The number of ether oxygens (including phenoxy) is 1. The minimum atomic E-state index is 0.586. The summed E-state index contributed by atoms with van der Waals surface area (Å²) in [5, 5.41) is 1.12. The van der Waals surface area contributed by atoms with E-state index in [0.717, 1.165) is 26.6 Å². The first-order valence-corrected chi connectivity index (χ1v) is 5.17. The summed E-state index contributed by atoms with van der Waals surface area (Å²) in [6.07, 6.45) is 1.76. The molecule has 0 aliphatic heterocycles. The highest BCUT2D eigenvalue weighted by Gasteiger charge is 2.08. The van der Waals surface area contributed by atoms with Crippen molar-refractivity contribution in [3.05, 3.63) is 34.0 Å². The SMILES string of the molecule is COCc1coc2c(C)cc(Br)cc12. The first-order valence-electron chi connectivity index (χ1n) is 4.37. The summed E-state index contributed by atoms with van der Waals surface area (Å²) in [5.41, 5.74) is 3.17. The van der Waals surface area contributed by atoms with Crippen molar-refractivity contribution in [2.45, 2.75) is 13.5 Å². The van der Waals surface area contributed by atoms with Crippen LogP contribution in [0.2, 0.25) is 0 Å². The summed E-state index contributed by atoms with van der Waals surface area (Å²) in [7, 11) is 1.68. The fourth-order valence-corrected chi connectivity index (χ4v) is 2.16. The first kappa shape index (κ1) is 9.74. The minimum absolute atomic E-state index is 0.586. The van der Waals surface area contributed by atoms with E-state index in [-0.39, 0.29) is 0 Å². The maximum absolute atomic E-state index is 5.49. The van der Waals surface area contributed by atoms with Crippen LogP contribution in [-0.4, -0.2) is 7.11 Å². The van der Waals surface area contributed by atoms with E-state index in [1.165, 1.54) is 0 Å². The highest BCUT2D eigenvalue weighted by atomic mass is 79.9. The number of furan rings is 1. The van der Waals surface area contributed by atoms with Gasteiger partial charge in [0.25, 0.3) is 0 Å². The van der Waals surface area contributed by atoms with Crippen molar-refractivity contribution in [2.24, 2.45) is 0 Å². The van der Waals surface area contributed by atoms with Gasteiger partial charge in [-0.15, -0.1) is 0 Å². The fourth-order valence-electron chi connectivity index (χ4n) is 1.59. The summed E-state index contributed by atoms with van der Waals surface area (Å²) < 4.78 is 11.7. The molecule has 0 spiro atoms. The maximum atomic E-state index is 5.49. The Labute approximate surface area is 91.0 Å². The Morgan fingerprint density at radius 2 is 2.21 bits per heavy atom. The van der Waals surface area contributed by atoms with Crippen LogP contribution in [0.15, 0.2) is 27.3 Å². The zero-order chi connectivity index (χ0) is 10.1. The summed E-state index contributed by atoms with van der Waals surface area (Å²) in [6.45, 7) is 2.62. The van der Waals surface area contributed by atoms with E-state index in [1.54, 1.807) is 13.4 Å². The van der Waals surface area contributed by atoms with Gasteiger partial charge in [0.2, 0.25) is 0 Å². The molecule has 0 fully saturated rings. The van der Waals surface area contributed by atoms with Crippen LogP contribution < -0.4 is 0 Å². The van der Waals surface area contributed by atoms with Crippen molar-refractivity contribution in [3.63, 3.8) is 0 Å². The molecule has 1 aromatic heterocycles. The van der Waals surface area contributed by atoms with Gasteiger partial charge in [-0.3, -0.25) is 0 Å². The topological polar surface area (TPSA) is 22.4 Å². The molecule has 0 saturated carbocycles. The van der Waals surface area contributed by atoms with Crippen LogP contribution >= 0.6 is 15.9 Å². The smallest absolute Gasteiger partial charge is 0.137 e. The molecule has 0 radical (unpaired) electrons. The van der Waals surface area contributed by atoms with E-state index in [1.807, 2.05) is 13.0 Å². The largest absolute Gasteiger partial charge is 0.464 e. The van der Waals surface area contributed by atoms with Crippen molar-refractivity contribution in [1.82, 2.24) is 0 Å². The lowest BCUT2D eigenvalue weighted by Gasteiger charge is -1.98. The molecule has 0 amide bonds. The van der Waals surface area contributed by atoms with Crippen LogP contribution in [0.1, 0.15) is 11.1 Å². The van der Waals surface area contributed by atoms with Crippen molar-refractivity contribution in [3.8, 4) is 0 Å². The summed E-state index contributed by atoms with van der Waals surface area (Å²) >= 11 is 3.47. The lowest BCUT2D eigenvalue weighted by atomic mass is 10.1. The lowest BCUT2D eigenvalue weighted by Crippen LogP contribution is -1.85. The van der Waals surface area contributed by atoms with E-state index in [0.29, 0.717) is 6.61 Å². The molecular formula is C11H11BrO2. The van der Waals surface area contributed by atoms with Crippen LogP contribution in [-0.2, 0) is 11.3 Å². The number of aryl methyl sites for hydroxylation is 1. The molecule has 0 bridgehead atoms. The third-order valence-corrected chi connectivity index (χ3v) is 2.66. The Balaban J connectivity index is 2.66. The molecule has 0 N–H and O–H groups in total. The summed E-state index contributed by atoms with van der Waals surface area (Å²) in [6, 6.07) is 4.10. The van der Waals surface area contributed by atoms with Crippen molar-refractivity contribution >= 4 is 26.9 Å². The molecule has 74 valence electrons. The number of hydrogen-bond donors (Lipinski definition) is 0. The van der Waals surface area contributed by atoms with E-state index >= 15 is 0 Å². The molecule has 0 unspecified atom stereocenters. The Hall–Kier alpha value is -0.800. The van der Waals surface area contributed by atoms with Gasteiger partial charge >= 0.3 is 0 Å². The van der Waals surface area contributed by atoms with Crippen LogP contribution in [0.4, 0.5) is 0 Å². The molecule has 2 rings (SSSR count). The number of fused-ring (bicyclic) bond motifs is 1. The van der Waals surface area contributed by atoms with E-state index in [2.05, 4.69) is 22.0 Å². The molecule has 1 heterocycles. The van der Waals surface area contributed by atoms with Gasteiger partial charge in [-0.25, -0.2) is 0 Å². The molecule has 1 aromatic carbocycles. The second-order valence-corrected chi connectivity index (χ2v) is 4.21. The Kier molecular flexibility index (Phi) is 2.61. The maximum Gasteiger partial charge on any atom is 0.137 e. The number of methoxy groups -OCH3 is 1. The normalized spacial score (nSPS) is 11.1. The quantitative estimate of drug-likeness (QED) is 0.817. The van der Waals surface area contributed by atoms with Gasteiger partial charge < -0.3 is 9.15 Å². The Bertz CT molecular complexity index is 460. The zero-order valence-corrected chi connectivity index (χ0v) is 9.72. The predicted molar refractivity (Wildman–Crippen MR) is 59.4 cm³/mol. The van der Waals surface area contributed by atoms with Gasteiger partial charge in [-0.2, -0.15) is 0 Å². The van der Waals surface area contributed by atoms with Gasteiger partial charge in [0.1, 0.15) is 5.58 Å². The zero-order valence-electron chi connectivity index (χ0n) is 8.13. The second kappa shape index (κ2) is 3.75. The van der Waals surface area contributed by atoms with E-state index in [4.69, 9.17) is 9.15 Å². The van der Waals surface area contributed by atoms with Crippen LogP contribution in [0.5, 0.6) is 0 Å². The lowest BCUT2D eigenvalue weighted by molar-refractivity contribution is 0.185. The summed E-state index contributed by atoms with van der Waals surface area (Å²) in [5.74, 6) is 0. The molecule has 0 aliphatic rings. The number of halogens is 1. The predicted octanol–water partition coefficient (Wildman–Crippen LogP) is 3.65. The van der Waals surface area contributed by atoms with E-state index < -0.39 is 0 Å². The van der Waals surface area contributed by atoms with Gasteiger partial charge in [-0.05, 0) is 24.6 Å². The van der Waals surface area contributed by atoms with Gasteiger partial charge in [0, 0.05) is 22.5 Å². The summed E-state index contributed by atoms with van der Waals surface area (Å²) in [4.78, 5) is 0. The van der Waals surface area contributed by atoms with Crippen LogP contribution in [0.3, 0.4) is 0 Å². The molecule has 0 aliphatic carbocycles. The average molecular weight is 255 g/mol. The fraction of sp³-hybridized carbons (Fsp3) is 0.273. The van der Waals surface area contributed by atoms with Gasteiger partial charge in [-0.1, -0.05) is 15.9 Å². The second-order valence-electron chi connectivity index (χ2n) is 3.29. The molecule has 0 atom stereocenters. The molecule has 3 heteroatoms. The molecule has 2 aromatic rings. The van der Waals surface area contributed by atoms with Crippen molar-refractivity contribution in [2.75, 3.05) is 7.11 Å². The number of hydrogen-bond acceptors (Lipinski definition) is 2. The highest BCUT2D eigenvalue weighted by Crippen LogP contribution is 2.28. The Morgan fingerprint density at radius 3 is 2.93 bits per heavy atom. The first-order chi connectivity index (χ1) is 6.72. The molecule has 2 nitrogen and oxygen atoms in total. The number of rotatable bonds is 2. The Morgan fingerprint density at radius 1 is 1.43 bits per heavy atom. The molecule has 0 saturated heterocycles. The highest BCUT2D eigenvalue weighted by molar-refractivity contribution is 9.10. The van der Waals surface area contributed by atoms with Gasteiger partial charge in [0.05, 0.1) is 12.9 Å². The van der Waals surface area contributed by atoms with Crippen molar-refractivity contribution < 1.29 is 9.15 Å². The standard InChI is InChI=1S/C11H11BrO2/c1-7-3-9(12)4-10-8(5-13-2)6-14-11(7)10/h3-4,6H,5H2,1-2H3. The molecule has 14 heavy (non-hydrogen) atoms.